The number of rotatable bonds is 5. The number of carbonyl (C=O) groups excluding carboxylic acids is 1. The van der Waals surface area contributed by atoms with Gasteiger partial charge in [0.1, 0.15) is 0 Å². The highest BCUT2D eigenvalue weighted by atomic mass is 16.1. The summed E-state index contributed by atoms with van der Waals surface area (Å²) in [6.07, 6.45) is 3.89. The number of anilines is 1. The molecule has 3 heteroatoms. The van der Waals surface area contributed by atoms with Gasteiger partial charge in [0.25, 0.3) is 0 Å². The highest BCUT2D eigenvalue weighted by Gasteiger charge is 2.12. The second kappa shape index (κ2) is 6.71. The van der Waals surface area contributed by atoms with Gasteiger partial charge in [0.2, 0.25) is 0 Å². The molecule has 0 saturated carbocycles. The summed E-state index contributed by atoms with van der Waals surface area (Å²) < 4.78 is 0. The zero-order chi connectivity index (χ0) is 13.7. The van der Waals surface area contributed by atoms with Crippen molar-refractivity contribution in [1.29, 1.82) is 0 Å². The van der Waals surface area contributed by atoms with E-state index in [0.717, 1.165) is 18.7 Å². The van der Waals surface area contributed by atoms with E-state index in [2.05, 4.69) is 22.3 Å². The van der Waals surface area contributed by atoms with Gasteiger partial charge in [-0.3, -0.25) is 4.79 Å². The fourth-order valence-electron chi connectivity index (χ4n) is 2.41. The molecule has 19 heavy (non-hydrogen) atoms. The maximum absolute atomic E-state index is 12.0. The van der Waals surface area contributed by atoms with Gasteiger partial charge in [-0.2, -0.15) is 0 Å². The van der Waals surface area contributed by atoms with E-state index in [9.17, 15) is 4.79 Å². The molecule has 0 aromatic heterocycles. The van der Waals surface area contributed by atoms with Crippen molar-refractivity contribution < 1.29 is 4.79 Å². The Labute approximate surface area is 116 Å². The van der Waals surface area contributed by atoms with Crippen molar-refractivity contribution in [3.63, 3.8) is 0 Å². The summed E-state index contributed by atoms with van der Waals surface area (Å²) in [5, 5.41) is 3.16. The lowest BCUT2D eigenvalue weighted by molar-refractivity contribution is 0.0988. The lowest BCUT2D eigenvalue weighted by Crippen LogP contribution is -2.30. The molecule has 0 amide bonds. The Kier molecular flexibility index (Phi) is 4.97. The largest absolute Gasteiger partial charge is 0.372 e. The molecule has 1 aliphatic heterocycles. The van der Waals surface area contributed by atoms with Crippen LogP contribution >= 0.6 is 0 Å². The van der Waals surface area contributed by atoms with E-state index in [1.807, 2.05) is 26.0 Å². The molecule has 0 atom stereocenters. The van der Waals surface area contributed by atoms with Gasteiger partial charge in [0.05, 0.1) is 6.54 Å². The van der Waals surface area contributed by atoms with Gasteiger partial charge in [0.15, 0.2) is 5.78 Å². The first-order valence-electron chi connectivity index (χ1n) is 7.28. The molecule has 0 aliphatic carbocycles. The molecule has 0 spiro atoms. The van der Waals surface area contributed by atoms with Crippen LogP contribution in [0.25, 0.3) is 0 Å². The third-order valence-electron chi connectivity index (χ3n) is 3.58. The van der Waals surface area contributed by atoms with Crippen molar-refractivity contribution in [2.75, 3.05) is 24.5 Å². The predicted octanol–water partition coefficient (Wildman–Crippen LogP) is 2.86. The molecule has 1 fully saturated rings. The molecular weight excluding hydrogens is 236 g/mol. The van der Waals surface area contributed by atoms with Crippen molar-refractivity contribution in [3.8, 4) is 0 Å². The smallest absolute Gasteiger partial charge is 0.176 e. The third kappa shape index (κ3) is 4.06. The minimum atomic E-state index is 0.166. The monoisotopic (exact) mass is 260 g/mol. The number of Topliss-reactive ketones (excluding diaryl/α,β-unsaturated/α-hetero) is 1. The summed E-state index contributed by atoms with van der Waals surface area (Å²) >= 11 is 0. The molecule has 1 N–H and O–H groups in total. The van der Waals surface area contributed by atoms with Crippen molar-refractivity contribution >= 4 is 11.5 Å². The molecule has 2 rings (SSSR count). The molecule has 1 aromatic carbocycles. The fraction of sp³-hybridized carbons (Fsp3) is 0.562. The van der Waals surface area contributed by atoms with Crippen LogP contribution in [0.1, 0.15) is 43.5 Å². The highest BCUT2D eigenvalue weighted by Crippen LogP contribution is 2.20. The molecule has 0 radical (unpaired) electrons. The Morgan fingerprint density at radius 1 is 1.16 bits per heavy atom. The Hall–Kier alpha value is -1.35. The summed E-state index contributed by atoms with van der Waals surface area (Å²) in [5.74, 6) is 0.166. The van der Waals surface area contributed by atoms with E-state index >= 15 is 0 Å². The number of hydrogen-bond acceptors (Lipinski definition) is 3. The third-order valence-corrected chi connectivity index (χ3v) is 3.58. The van der Waals surface area contributed by atoms with Crippen LogP contribution in [0.3, 0.4) is 0 Å². The van der Waals surface area contributed by atoms with Crippen molar-refractivity contribution in [1.82, 2.24) is 5.32 Å². The van der Waals surface area contributed by atoms with Crippen LogP contribution in [-0.2, 0) is 0 Å². The molecule has 0 unspecified atom stereocenters. The second-order valence-corrected chi connectivity index (χ2v) is 5.55. The number of benzene rings is 1. The predicted molar refractivity (Wildman–Crippen MR) is 80.0 cm³/mol. The van der Waals surface area contributed by atoms with Crippen LogP contribution in [0.15, 0.2) is 24.3 Å². The van der Waals surface area contributed by atoms with E-state index in [1.165, 1.54) is 24.9 Å². The topological polar surface area (TPSA) is 32.3 Å². The summed E-state index contributed by atoms with van der Waals surface area (Å²) in [5.41, 5.74) is 2.04. The highest BCUT2D eigenvalue weighted by molar-refractivity contribution is 5.97. The average Bonchev–Trinajstić information content (AvgIpc) is 2.46. The number of nitrogens with zero attached hydrogens (tertiary/aromatic N) is 1. The maximum Gasteiger partial charge on any atom is 0.176 e. The summed E-state index contributed by atoms with van der Waals surface area (Å²) in [7, 11) is 0. The zero-order valence-electron chi connectivity index (χ0n) is 12.0. The summed E-state index contributed by atoms with van der Waals surface area (Å²) in [4.78, 5) is 14.4. The number of piperidine rings is 1. The van der Waals surface area contributed by atoms with Crippen molar-refractivity contribution in [2.45, 2.75) is 39.2 Å². The molecule has 0 bridgehead atoms. The first-order valence-corrected chi connectivity index (χ1v) is 7.28. The SMILES string of the molecule is CC(C)NCC(=O)c1ccc(N2CCCCC2)cc1. The standard InChI is InChI=1S/C16H24N2O/c1-13(2)17-12-16(19)14-6-8-15(9-7-14)18-10-4-3-5-11-18/h6-9,13,17H,3-5,10-12H2,1-2H3. The van der Waals surface area contributed by atoms with E-state index in [4.69, 9.17) is 0 Å². The molecule has 104 valence electrons. The lowest BCUT2D eigenvalue weighted by Gasteiger charge is -2.28. The molecule has 3 nitrogen and oxygen atoms in total. The maximum atomic E-state index is 12.0. The van der Waals surface area contributed by atoms with Gasteiger partial charge in [-0.05, 0) is 43.5 Å². The lowest BCUT2D eigenvalue weighted by atomic mass is 10.1. The minimum Gasteiger partial charge on any atom is -0.372 e. The van der Waals surface area contributed by atoms with Crippen LogP contribution in [0, 0.1) is 0 Å². The van der Waals surface area contributed by atoms with Gasteiger partial charge < -0.3 is 10.2 Å². The number of nitrogens with one attached hydrogen (secondary N) is 1. The van der Waals surface area contributed by atoms with Gasteiger partial charge in [-0.25, -0.2) is 0 Å². The Morgan fingerprint density at radius 2 is 1.79 bits per heavy atom. The van der Waals surface area contributed by atoms with Gasteiger partial charge in [-0.15, -0.1) is 0 Å². The van der Waals surface area contributed by atoms with Gasteiger partial charge in [-0.1, -0.05) is 13.8 Å². The Bertz CT molecular complexity index is 405. The zero-order valence-corrected chi connectivity index (χ0v) is 12.0. The molecular formula is C16H24N2O. The fourth-order valence-corrected chi connectivity index (χ4v) is 2.41. The Morgan fingerprint density at radius 3 is 2.37 bits per heavy atom. The van der Waals surface area contributed by atoms with Gasteiger partial charge in [0, 0.05) is 30.4 Å². The van der Waals surface area contributed by atoms with Crippen LogP contribution in [0.4, 0.5) is 5.69 Å². The summed E-state index contributed by atoms with van der Waals surface area (Å²) in [6, 6.07) is 8.40. The van der Waals surface area contributed by atoms with E-state index in [-0.39, 0.29) is 5.78 Å². The number of ketones is 1. The number of hydrogen-bond donors (Lipinski definition) is 1. The minimum absolute atomic E-state index is 0.166. The van der Waals surface area contributed by atoms with E-state index in [1.54, 1.807) is 0 Å². The van der Waals surface area contributed by atoms with Crippen LogP contribution in [-0.4, -0.2) is 31.5 Å². The molecule has 1 heterocycles. The van der Waals surface area contributed by atoms with E-state index in [0.29, 0.717) is 12.6 Å². The molecule has 1 saturated heterocycles. The summed E-state index contributed by atoms with van der Waals surface area (Å²) in [6.45, 7) is 6.80. The Balaban J connectivity index is 1.95. The molecule has 1 aliphatic rings. The van der Waals surface area contributed by atoms with Gasteiger partial charge >= 0.3 is 0 Å². The quantitative estimate of drug-likeness (QED) is 0.826. The van der Waals surface area contributed by atoms with Crippen molar-refractivity contribution in [2.24, 2.45) is 0 Å². The average molecular weight is 260 g/mol. The second-order valence-electron chi connectivity index (χ2n) is 5.55. The van der Waals surface area contributed by atoms with Crippen LogP contribution < -0.4 is 10.2 Å². The first kappa shape index (κ1) is 14.1. The van der Waals surface area contributed by atoms with Crippen LogP contribution in [0.2, 0.25) is 0 Å². The molecule has 1 aromatic rings. The first-order chi connectivity index (χ1) is 9.16. The number of carbonyl (C=O) groups is 1. The van der Waals surface area contributed by atoms with Crippen LogP contribution in [0.5, 0.6) is 0 Å². The normalized spacial score (nSPS) is 15.8. The van der Waals surface area contributed by atoms with Crippen molar-refractivity contribution in [3.05, 3.63) is 29.8 Å². The van der Waals surface area contributed by atoms with E-state index < -0.39 is 0 Å².